The predicted octanol–water partition coefficient (Wildman–Crippen LogP) is 4.15. The molecule has 0 saturated heterocycles. The van der Waals surface area contributed by atoms with Crippen molar-refractivity contribution in [2.75, 3.05) is 12.4 Å². The van der Waals surface area contributed by atoms with Crippen molar-refractivity contribution < 1.29 is 19.4 Å². The second-order valence-electron chi connectivity index (χ2n) is 6.58. The van der Waals surface area contributed by atoms with Gasteiger partial charge >= 0.3 is 5.97 Å². The minimum atomic E-state index is -0.410. The molecule has 5 nitrogen and oxygen atoms in total. The van der Waals surface area contributed by atoms with Gasteiger partial charge in [0.15, 0.2) is 0 Å². The molecule has 0 bridgehead atoms. The summed E-state index contributed by atoms with van der Waals surface area (Å²) >= 11 is 0. The molecule has 0 aliphatic heterocycles. The summed E-state index contributed by atoms with van der Waals surface area (Å²) in [5.41, 5.74) is 3.25. The van der Waals surface area contributed by atoms with Gasteiger partial charge in [0.1, 0.15) is 5.75 Å². The number of esters is 1. The number of phenols is 1. The van der Waals surface area contributed by atoms with Crippen LogP contribution in [0.25, 0.3) is 0 Å². The van der Waals surface area contributed by atoms with Gasteiger partial charge in [-0.25, -0.2) is 4.79 Å². The number of carbonyl (C=O) groups is 2. The average Bonchev–Trinajstić information content (AvgIpc) is 2.77. The van der Waals surface area contributed by atoms with E-state index in [2.05, 4.69) is 17.2 Å². The summed E-state index contributed by atoms with van der Waals surface area (Å²) in [5, 5.41) is 12.6. The van der Waals surface area contributed by atoms with Crippen molar-refractivity contribution in [1.82, 2.24) is 0 Å². The van der Waals surface area contributed by atoms with E-state index in [4.69, 9.17) is 4.74 Å². The van der Waals surface area contributed by atoms with E-state index in [0.717, 1.165) is 11.1 Å². The van der Waals surface area contributed by atoms with Gasteiger partial charge in [-0.3, -0.25) is 4.79 Å². The first-order valence-electron chi connectivity index (χ1n) is 9.42. The lowest BCUT2D eigenvalue weighted by molar-refractivity contribution is -0.116. The third-order valence-electron chi connectivity index (χ3n) is 4.39. The van der Waals surface area contributed by atoms with Crippen LogP contribution in [0.5, 0.6) is 5.75 Å². The van der Waals surface area contributed by atoms with Crippen LogP contribution in [0.15, 0.2) is 72.8 Å². The van der Waals surface area contributed by atoms with Crippen LogP contribution < -0.4 is 5.32 Å². The zero-order chi connectivity index (χ0) is 21.3. The van der Waals surface area contributed by atoms with Gasteiger partial charge in [0.05, 0.1) is 12.7 Å². The fourth-order valence-corrected chi connectivity index (χ4v) is 2.85. The van der Waals surface area contributed by atoms with Gasteiger partial charge in [-0.1, -0.05) is 42.2 Å². The van der Waals surface area contributed by atoms with Crippen LogP contribution in [0.2, 0.25) is 0 Å². The third kappa shape index (κ3) is 5.73. The highest BCUT2D eigenvalue weighted by atomic mass is 16.5. The summed E-state index contributed by atoms with van der Waals surface area (Å²) in [6.45, 7) is 0. The van der Waals surface area contributed by atoms with Crippen molar-refractivity contribution in [3.63, 3.8) is 0 Å². The number of aryl methyl sites for hydroxylation is 1. The standard InChI is InChI=1S/C25H21NO4/c1-30-25(29)21-9-4-6-18(16-21)12-13-19-7-5-10-22(17-19)26-24(28)15-14-20-8-2-3-11-23(20)27/h2-11,16-17,27H,14-15H2,1H3,(H,26,28). The van der Waals surface area contributed by atoms with Crippen LogP contribution in [0.1, 0.15) is 33.5 Å². The molecule has 5 heteroatoms. The lowest BCUT2D eigenvalue weighted by atomic mass is 10.1. The molecule has 0 atom stereocenters. The highest BCUT2D eigenvalue weighted by molar-refractivity contribution is 5.91. The van der Waals surface area contributed by atoms with E-state index in [1.165, 1.54) is 7.11 Å². The number of amides is 1. The van der Waals surface area contributed by atoms with Gasteiger partial charge in [-0.05, 0) is 54.4 Å². The molecular weight excluding hydrogens is 378 g/mol. The second-order valence-corrected chi connectivity index (χ2v) is 6.58. The Morgan fingerprint density at radius 2 is 1.63 bits per heavy atom. The zero-order valence-electron chi connectivity index (χ0n) is 16.5. The number of benzene rings is 3. The molecule has 0 fully saturated rings. The minimum Gasteiger partial charge on any atom is -0.508 e. The molecule has 3 aromatic carbocycles. The first-order valence-corrected chi connectivity index (χ1v) is 9.42. The van der Waals surface area contributed by atoms with Gasteiger partial charge < -0.3 is 15.2 Å². The SMILES string of the molecule is COC(=O)c1cccc(C#Cc2cccc(NC(=O)CCc3ccccc3O)c2)c1. The van der Waals surface area contributed by atoms with Crippen LogP contribution in [0.3, 0.4) is 0 Å². The van der Waals surface area contributed by atoms with Crippen molar-refractivity contribution in [3.8, 4) is 17.6 Å². The summed E-state index contributed by atoms with van der Waals surface area (Å²) in [7, 11) is 1.34. The first-order chi connectivity index (χ1) is 14.5. The van der Waals surface area contributed by atoms with Crippen LogP contribution in [-0.2, 0) is 16.0 Å². The average molecular weight is 399 g/mol. The number of phenolic OH excluding ortho intramolecular Hbond substituents is 1. The Morgan fingerprint density at radius 1 is 0.933 bits per heavy atom. The predicted molar refractivity (Wildman–Crippen MR) is 115 cm³/mol. The highest BCUT2D eigenvalue weighted by Crippen LogP contribution is 2.18. The smallest absolute Gasteiger partial charge is 0.337 e. The summed E-state index contributed by atoms with van der Waals surface area (Å²) in [6, 6.07) is 21.1. The van der Waals surface area contributed by atoms with Gasteiger partial charge in [0.2, 0.25) is 5.91 Å². The van der Waals surface area contributed by atoms with Crippen LogP contribution in [0.4, 0.5) is 5.69 Å². The number of aromatic hydroxyl groups is 1. The van der Waals surface area contributed by atoms with E-state index in [9.17, 15) is 14.7 Å². The van der Waals surface area contributed by atoms with E-state index >= 15 is 0 Å². The molecule has 0 saturated carbocycles. The number of methoxy groups -OCH3 is 1. The normalized spacial score (nSPS) is 9.90. The number of hydrogen-bond acceptors (Lipinski definition) is 4. The van der Waals surface area contributed by atoms with Crippen LogP contribution >= 0.6 is 0 Å². The van der Waals surface area contributed by atoms with Crippen molar-refractivity contribution >= 4 is 17.6 Å². The topological polar surface area (TPSA) is 75.6 Å². The Kier molecular flexibility index (Phi) is 6.86. The molecule has 2 N–H and O–H groups in total. The minimum absolute atomic E-state index is 0.144. The van der Waals surface area contributed by atoms with Gasteiger partial charge in [-0.15, -0.1) is 0 Å². The summed E-state index contributed by atoms with van der Waals surface area (Å²) in [5.74, 6) is 5.69. The van der Waals surface area contributed by atoms with Crippen molar-refractivity contribution in [2.45, 2.75) is 12.8 Å². The third-order valence-corrected chi connectivity index (χ3v) is 4.39. The second kappa shape index (κ2) is 9.94. The molecule has 0 aromatic heterocycles. The van der Waals surface area contributed by atoms with Crippen molar-refractivity contribution in [3.05, 3.63) is 95.1 Å². The number of carbonyl (C=O) groups excluding carboxylic acids is 2. The lowest BCUT2D eigenvalue weighted by Crippen LogP contribution is -2.12. The highest BCUT2D eigenvalue weighted by Gasteiger charge is 2.06. The number of ether oxygens (including phenoxy) is 1. The van der Waals surface area contributed by atoms with Gasteiger partial charge in [0, 0.05) is 23.2 Å². The van der Waals surface area contributed by atoms with Crippen molar-refractivity contribution in [1.29, 1.82) is 0 Å². The summed E-state index contributed by atoms with van der Waals surface area (Å²) in [4.78, 5) is 23.9. The summed E-state index contributed by atoms with van der Waals surface area (Å²) < 4.78 is 4.72. The van der Waals surface area contributed by atoms with E-state index in [1.54, 1.807) is 48.5 Å². The lowest BCUT2D eigenvalue weighted by Gasteiger charge is -2.07. The molecule has 0 radical (unpaired) electrons. The molecule has 150 valence electrons. The number of nitrogens with one attached hydrogen (secondary N) is 1. The number of rotatable bonds is 5. The van der Waals surface area contributed by atoms with Gasteiger partial charge in [0.25, 0.3) is 0 Å². The molecular formula is C25H21NO4. The molecule has 0 spiro atoms. The Balaban J connectivity index is 1.64. The maximum absolute atomic E-state index is 12.2. The van der Waals surface area contributed by atoms with Crippen LogP contribution in [-0.4, -0.2) is 24.1 Å². The molecule has 1 amide bonds. The number of para-hydroxylation sites is 1. The fraction of sp³-hybridized carbons (Fsp3) is 0.120. The van der Waals surface area contributed by atoms with E-state index in [1.807, 2.05) is 24.3 Å². The molecule has 3 aromatic rings. The fourth-order valence-electron chi connectivity index (χ4n) is 2.85. The molecule has 0 heterocycles. The molecule has 3 rings (SSSR count). The molecule has 0 aliphatic carbocycles. The Labute approximate surface area is 175 Å². The monoisotopic (exact) mass is 399 g/mol. The number of hydrogen-bond donors (Lipinski definition) is 2. The van der Waals surface area contributed by atoms with E-state index in [-0.39, 0.29) is 18.1 Å². The van der Waals surface area contributed by atoms with Crippen LogP contribution in [0, 0.1) is 11.8 Å². The summed E-state index contributed by atoms with van der Waals surface area (Å²) in [6.07, 6.45) is 0.711. The maximum atomic E-state index is 12.2. The maximum Gasteiger partial charge on any atom is 0.337 e. The van der Waals surface area contributed by atoms with E-state index < -0.39 is 5.97 Å². The van der Waals surface area contributed by atoms with Crippen molar-refractivity contribution in [2.24, 2.45) is 0 Å². The molecule has 0 aliphatic rings. The zero-order valence-corrected chi connectivity index (χ0v) is 16.5. The largest absolute Gasteiger partial charge is 0.508 e. The first kappa shape index (κ1) is 20.7. The Morgan fingerprint density at radius 3 is 2.37 bits per heavy atom. The molecule has 0 unspecified atom stereocenters. The Bertz CT molecular complexity index is 1120. The van der Waals surface area contributed by atoms with Gasteiger partial charge in [-0.2, -0.15) is 0 Å². The van der Waals surface area contributed by atoms with E-state index in [0.29, 0.717) is 23.2 Å². The molecule has 30 heavy (non-hydrogen) atoms. The number of anilines is 1. The quantitative estimate of drug-likeness (QED) is 0.499. The Hall–Kier alpha value is -4.04.